The lowest BCUT2D eigenvalue weighted by Crippen LogP contribution is -2.19. The van der Waals surface area contributed by atoms with Crippen molar-refractivity contribution in [1.82, 2.24) is 10.3 Å². The fourth-order valence-corrected chi connectivity index (χ4v) is 2.41. The number of aromatic nitrogens is 1. The monoisotopic (exact) mass is 290 g/mol. The van der Waals surface area contributed by atoms with Gasteiger partial charge in [0.15, 0.2) is 0 Å². The molecular weight excluding hydrogens is 276 g/mol. The number of nitrogens with zero attached hydrogens (tertiary/aromatic N) is 1. The first-order chi connectivity index (χ1) is 8.31. The Kier molecular flexibility index (Phi) is 4.29. The number of nitrogens with one attached hydrogen (secondary N) is 1. The van der Waals surface area contributed by atoms with Crippen LogP contribution in [0.1, 0.15) is 17.3 Å². The number of hydrogen-bond donors (Lipinski definition) is 1. The summed E-state index contributed by atoms with van der Waals surface area (Å²) < 4.78 is 1.13. The Bertz CT molecular complexity index is 471. The molecule has 17 heavy (non-hydrogen) atoms. The lowest BCUT2D eigenvalue weighted by atomic mass is 10.0. The topological polar surface area (TPSA) is 24.9 Å². The molecule has 0 aliphatic heterocycles. The number of halogens is 1. The quantitative estimate of drug-likeness (QED) is 0.934. The molecule has 2 rings (SSSR count). The van der Waals surface area contributed by atoms with Gasteiger partial charge in [-0.3, -0.25) is 4.98 Å². The highest BCUT2D eigenvalue weighted by Gasteiger charge is 2.12. The summed E-state index contributed by atoms with van der Waals surface area (Å²) in [5.41, 5.74) is 2.36. The molecule has 1 unspecified atom stereocenters. The van der Waals surface area contributed by atoms with Gasteiger partial charge in [-0.15, -0.1) is 0 Å². The minimum Gasteiger partial charge on any atom is -0.313 e. The van der Waals surface area contributed by atoms with Gasteiger partial charge < -0.3 is 5.32 Å². The highest BCUT2D eigenvalue weighted by Crippen LogP contribution is 2.25. The van der Waals surface area contributed by atoms with Crippen LogP contribution in [0.5, 0.6) is 0 Å². The second-order valence-corrected chi connectivity index (χ2v) is 4.74. The van der Waals surface area contributed by atoms with Gasteiger partial charge in [-0.2, -0.15) is 0 Å². The molecule has 0 saturated carbocycles. The van der Waals surface area contributed by atoms with E-state index < -0.39 is 0 Å². The minimum atomic E-state index is 0.278. The maximum absolute atomic E-state index is 4.37. The Labute approximate surface area is 110 Å². The van der Waals surface area contributed by atoms with E-state index in [-0.39, 0.29) is 6.04 Å². The molecule has 1 heterocycles. The predicted octanol–water partition coefficient (Wildman–Crippen LogP) is 3.35. The molecule has 1 N–H and O–H groups in total. The Morgan fingerprint density at radius 3 is 2.59 bits per heavy atom. The number of rotatable bonds is 4. The number of pyridine rings is 1. The van der Waals surface area contributed by atoms with Gasteiger partial charge in [0.2, 0.25) is 0 Å². The van der Waals surface area contributed by atoms with E-state index in [1.54, 1.807) is 0 Å². The lowest BCUT2D eigenvalue weighted by molar-refractivity contribution is 0.582. The number of benzene rings is 1. The van der Waals surface area contributed by atoms with Crippen LogP contribution in [0.2, 0.25) is 0 Å². The van der Waals surface area contributed by atoms with Crippen LogP contribution < -0.4 is 5.32 Å². The average molecular weight is 291 g/mol. The molecule has 0 amide bonds. The van der Waals surface area contributed by atoms with Crippen LogP contribution in [0.3, 0.4) is 0 Å². The molecule has 0 radical (unpaired) electrons. The van der Waals surface area contributed by atoms with Crippen LogP contribution in [-0.4, -0.2) is 12.0 Å². The lowest BCUT2D eigenvalue weighted by Gasteiger charge is -2.17. The van der Waals surface area contributed by atoms with E-state index in [1.165, 1.54) is 5.56 Å². The van der Waals surface area contributed by atoms with Crippen LogP contribution in [0.25, 0.3) is 0 Å². The van der Waals surface area contributed by atoms with Crippen molar-refractivity contribution >= 4 is 15.9 Å². The van der Waals surface area contributed by atoms with Crippen LogP contribution in [-0.2, 0) is 6.42 Å². The Morgan fingerprint density at radius 2 is 1.94 bits per heavy atom. The summed E-state index contributed by atoms with van der Waals surface area (Å²) in [5, 5.41) is 3.34. The van der Waals surface area contributed by atoms with Crippen molar-refractivity contribution in [2.24, 2.45) is 0 Å². The molecule has 0 aliphatic carbocycles. The molecule has 0 spiro atoms. The van der Waals surface area contributed by atoms with Crippen molar-refractivity contribution in [2.45, 2.75) is 12.5 Å². The summed E-state index contributed by atoms with van der Waals surface area (Å²) in [7, 11) is 1.98. The van der Waals surface area contributed by atoms with Gasteiger partial charge in [0.1, 0.15) is 0 Å². The second kappa shape index (κ2) is 5.94. The predicted molar refractivity (Wildman–Crippen MR) is 73.9 cm³/mol. The normalized spacial score (nSPS) is 12.4. The van der Waals surface area contributed by atoms with Crippen molar-refractivity contribution in [2.75, 3.05) is 7.05 Å². The average Bonchev–Trinajstić information content (AvgIpc) is 2.38. The zero-order valence-electron chi connectivity index (χ0n) is 9.73. The molecule has 0 aliphatic rings. The second-order valence-electron chi connectivity index (χ2n) is 3.89. The first kappa shape index (κ1) is 12.3. The summed E-state index contributed by atoms with van der Waals surface area (Å²) in [4.78, 5) is 4.37. The van der Waals surface area contributed by atoms with E-state index in [0.29, 0.717) is 0 Å². The van der Waals surface area contributed by atoms with Gasteiger partial charge in [0.25, 0.3) is 0 Å². The largest absolute Gasteiger partial charge is 0.313 e. The van der Waals surface area contributed by atoms with Crippen LogP contribution >= 0.6 is 15.9 Å². The van der Waals surface area contributed by atoms with E-state index in [9.17, 15) is 0 Å². The van der Waals surface area contributed by atoms with Crippen LogP contribution in [0.15, 0.2) is 53.1 Å². The van der Waals surface area contributed by atoms with E-state index in [1.807, 2.05) is 31.4 Å². The van der Waals surface area contributed by atoms with Crippen molar-refractivity contribution in [1.29, 1.82) is 0 Å². The molecular formula is C14H15BrN2. The summed E-state index contributed by atoms with van der Waals surface area (Å²) >= 11 is 3.59. The maximum atomic E-state index is 4.37. The van der Waals surface area contributed by atoms with E-state index in [0.717, 1.165) is 16.6 Å². The summed E-state index contributed by atoms with van der Waals surface area (Å²) in [6, 6.07) is 14.6. The first-order valence-electron chi connectivity index (χ1n) is 5.63. The maximum Gasteiger partial charge on any atom is 0.0422 e. The zero-order chi connectivity index (χ0) is 12.1. The molecule has 88 valence electrons. The van der Waals surface area contributed by atoms with E-state index in [2.05, 4.69) is 50.5 Å². The fourth-order valence-electron chi connectivity index (χ4n) is 1.85. The third-order valence-electron chi connectivity index (χ3n) is 2.77. The van der Waals surface area contributed by atoms with E-state index in [4.69, 9.17) is 0 Å². The van der Waals surface area contributed by atoms with E-state index >= 15 is 0 Å². The van der Waals surface area contributed by atoms with Gasteiger partial charge in [0.05, 0.1) is 0 Å². The van der Waals surface area contributed by atoms with Crippen molar-refractivity contribution < 1.29 is 0 Å². The fraction of sp³-hybridized carbons (Fsp3) is 0.214. The SMILES string of the molecule is CNC(Cc1ccccn1)c1ccccc1Br. The van der Waals surface area contributed by atoms with Gasteiger partial charge in [0, 0.05) is 28.8 Å². The first-order valence-corrected chi connectivity index (χ1v) is 6.42. The Morgan fingerprint density at radius 1 is 1.18 bits per heavy atom. The molecule has 1 aromatic carbocycles. The highest BCUT2D eigenvalue weighted by molar-refractivity contribution is 9.10. The molecule has 0 saturated heterocycles. The molecule has 0 fully saturated rings. The number of hydrogen-bond acceptors (Lipinski definition) is 2. The van der Waals surface area contributed by atoms with Gasteiger partial charge in [-0.1, -0.05) is 40.2 Å². The molecule has 3 heteroatoms. The molecule has 1 aromatic heterocycles. The minimum absolute atomic E-state index is 0.278. The van der Waals surface area contributed by atoms with Gasteiger partial charge in [-0.05, 0) is 30.8 Å². The number of likely N-dealkylation sites (N-methyl/N-ethyl adjacent to an activating group) is 1. The zero-order valence-corrected chi connectivity index (χ0v) is 11.3. The molecule has 2 aromatic rings. The molecule has 1 atom stereocenters. The van der Waals surface area contributed by atoms with Gasteiger partial charge >= 0.3 is 0 Å². The summed E-state index contributed by atoms with van der Waals surface area (Å²) in [6.07, 6.45) is 2.72. The summed E-state index contributed by atoms with van der Waals surface area (Å²) in [5.74, 6) is 0. The highest BCUT2D eigenvalue weighted by atomic mass is 79.9. The summed E-state index contributed by atoms with van der Waals surface area (Å²) in [6.45, 7) is 0. The van der Waals surface area contributed by atoms with Crippen molar-refractivity contribution in [3.8, 4) is 0 Å². The van der Waals surface area contributed by atoms with Gasteiger partial charge in [-0.25, -0.2) is 0 Å². The van der Waals surface area contributed by atoms with Crippen LogP contribution in [0.4, 0.5) is 0 Å². The molecule has 2 nitrogen and oxygen atoms in total. The third kappa shape index (κ3) is 3.14. The van der Waals surface area contributed by atoms with Crippen molar-refractivity contribution in [3.05, 3.63) is 64.4 Å². The molecule has 0 bridgehead atoms. The Balaban J connectivity index is 2.21. The van der Waals surface area contributed by atoms with Crippen LogP contribution in [0, 0.1) is 0 Å². The standard InChI is InChI=1S/C14H15BrN2/c1-16-14(10-11-6-4-5-9-17-11)12-7-2-3-8-13(12)15/h2-9,14,16H,10H2,1H3. The Hall–Kier alpha value is -1.19. The third-order valence-corrected chi connectivity index (χ3v) is 3.49. The van der Waals surface area contributed by atoms with Crippen molar-refractivity contribution in [3.63, 3.8) is 0 Å². The smallest absolute Gasteiger partial charge is 0.0422 e.